The number of carbonyl (C=O) groups excluding carboxylic acids is 2. The van der Waals surface area contributed by atoms with E-state index in [4.69, 9.17) is 9.15 Å². The Bertz CT molecular complexity index is 581. The summed E-state index contributed by atoms with van der Waals surface area (Å²) in [7, 11) is 0. The molecule has 0 unspecified atom stereocenters. The van der Waals surface area contributed by atoms with Gasteiger partial charge in [0.05, 0.1) is 12.8 Å². The maximum atomic E-state index is 11.8. The number of ether oxygens (including phenoxy) is 1. The fourth-order valence-electron chi connectivity index (χ4n) is 1.61. The zero-order valence-electron chi connectivity index (χ0n) is 11.5. The Morgan fingerprint density at radius 3 is 2.62 bits per heavy atom. The van der Waals surface area contributed by atoms with E-state index < -0.39 is 12.1 Å². The van der Waals surface area contributed by atoms with E-state index in [1.165, 1.54) is 6.26 Å². The molecule has 1 heterocycles. The minimum Gasteiger partial charge on any atom is -0.467 e. The van der Waals surface area contributed by atoms with Gasteiger partial charge in [0, 0.05) is 0 Å². The third-order valence-electron chi connectivity index (χ3n) is 2.70. The molecule has 1 aromatic heterocycles. The van der Waals surface area contributed by atoms with Gasteiger partial charge in [0.15, 0.2) is 0 Å². The highest BCUT2D eigenvalue weighted by Crippen LogP contribution is 2.08. The molecular formula is C15H16N2O4. The van der Waals surface area contributed by atoms with Crippen LogP contribution in [0.3, 0.4) is 0 Å². The van der Waals surface area contributed by atoms with Gasteiger partial charge in [-0.3, -0.25) is 4.79 Å². The van der Waals surface area contributed by atoms with Gasteiger partial charge in [0.1, 0.15) is 17.6 Å². The first-order chi connectivity index (χ1) is 10.1. The lowest BCUT2D eigenvalue weighted by atomic mass is 10.3. The minimum atomic E-state index is -0.712. The van der Waals surface area contributed by atoms with Crippen LogP contribution in [0.1, 0.15) is 12.7 Å². The van der Waals surface area contributed by atoms with Gasteiger partial charge in [-0.1, -0.05) is 18.2 Å². The van der Waals surface area contributed by atoms with Gasteiger partial charge in [-0.2, -0.15) is 0 Å². The fraction of sp³-hybridized carbons (Fsp3) is 0.200. The molecule has 1 atom stereocenters. The number of hydrogen-bond acceptors (Lipinski definition) is 4. The quantitative estimate of drug-likeness (QED) is 0.882. The molecular weight excluding hydrogens is 272 g/mol. The molecule has 2 amide bonds. The number of furan rings is 1. The summed E-state index contributed by atoms with van der Waals surface area (Å²) in [6, 6.07) is 11.4. The molecule has 0 aliphatic heterocycles. The Morgan fingerprint density at radius 2 is 1.95 bits per heavy atom. The van der Waals surface area contributed by atoms with Gasteiger partial charge in [-0.05, 0) is 31.2 Å². The van der Waals surface area contributed by atoms with Crippen LogP contribution in [0.15, 0.2) is 53.1 Å². The Labute approximate surface area is 122 Å². The van der Waals surface area contributed by atoms with Crippen LogP contribution < -0.4 is 15.4 Å². The molecule has 110 valence electrons. The highest BCUT2D eigenvalue weighted by atomic mass is 16.6. The van der Waals surface area contributed by atoms with Gasteiger partial charge >= 0.3 is 6.09 Å². The summed E-state index contributed by atoms with van der Waals surface area (Å²) in [4.78, 5) is 23.4. The molecule has 0 saturated carbocycles. The van der Waals surface area contributed by atoms with Crippen molar-refractivity contribution < 1.29 is 18.7 Å². The largest absolute Gasteiger partial charge is 0.467 e. The molecule has 0 aliphatic rings. The lowest BCUT2D eigenvalue weighted by Crippen LogP contribution is -2.45. The first-order valence-corrected chi connectivity index (χ1v) is 6.48. The van der Waals surface area contributed by atoms with E-state index in [2.05, 4.69) is 10.6 Å². The topological polar surface area (TPSA) is 80.6 Å². The van der Waals surface area contributed by atoms with Crippen molar-refractivity contribution in [1.29, 1.82) is 0 Å². The van der Waals surface area contributed by atoms with E-state index >= 15 is 0 Å². The highest BCUT2D eigenvalue weighted by molar-refractivity contribution is 5.85. The van der Waals surface area contributed by atoms with Crippen LogP contribution in [0.4, 0.5) is 4.79 Å². The Morgan fingerprint density at radius 1 is 1.19 bits per heavy atom. The number of carbonyl (C=O) groups is 2. The summed E-state index contributed by atoms with van der Waals surface area (Å²) in [5, 5.41) is 5.11. The highest BCUT2D eigenvalue weighted by Gasteiger charge is 2.16. The molecule has 6 nitrogen and oxygen atoms in total. The van der Waals surface area contributed by atoms with Crippen LogP contribution >= 0.6 is 0 Å². The number of amides is 2. The SMILES string of the molecule is C[C@@H](NC(=O)Oc1ccccc1)C(=O)NCc1ccco1. The zero-order valence-corrected chi connectivity index (χ0v) is 11.5. The monoisotopic (exact) mass is 288 g/mol. The number of benzene rings is 1. The Balaban J connectivity index is 1.76. The van der Waals surface area contributed by atoms with Crippen LogP contribution in [0, 0.1) is 0 Å². The standard InChI is InChI=1S/C15H16N2O4/c1-11(14(18)16-10-13-8-5-9-20-13)17-15(19)21-12-6-3-2-4-7-12/h2-9,11H,10H2,1H3,(H,16,18)(H,17,19)/t11-/m1/s1. The number of rotatable bonds is 5. The molecule has 0 bridgehead atoms. The first-order valence-electron chi connectivity index (χ1n) is 6.48. The predicted octanol–water partition coefficient (Wildman–Crippen LogP) is 2.07. The van der Waals surface area contributed by atoms with E-state index in [0.29, 0.717) is 11.5 Å². The smallest absolute Gasteiger partial charge is 0.413 e. The van der Waals surface area contributed by atoms with Crippen LogP contribution in [0.25, 0.3) is 0 Å². The van der Waals surface area contributed by atoms with Crippen molar-refractivity contribution in [1.82, 2.24) is 10.6 Å². The third-order valence-corrected chi connectivity index (χ3v) is 2.70. The molecule has 2 rings (SSSR count). The Hall–Kier alpha value is -2.76. The summed E-state index contributed by atoms with van der Waals surface area (Å²) >= 11 is 0. The molecule has 6 heteroatoms. The molecule has 0 fully saturated rings. The lowest BCUT2D eigenvalue weighted by molar-refractivity contribution is -0.122. The summed E-state index contributed by atoms with van der Waals surface area (Å²) in [6.07, 6.45) is 0.849. The average Bonchev–Trinajstić information content (AvgIpc) is 2.98. The van der Waals surface area contributed by atoms with Gasteiger partial charge in [0.25, 0.3) is 0 Å². The van der Waals surface area contributed by atoms with Crippen molar-refractivity contribution in [3.05, 3.63) is 54.5 Å². The molecule has 0 saturated heterocycles. The second-order valence-electron chi connectivity index (χ2n) is 4.37. The summed E-state index contributed by atoms with van der Waals surface area (Å²) in [5.41, 5.74) is 0. The summed E-state index contributed by atoms with van der Waals surface area (Å²) in [5.74, 6) is 0.733. The molecule has 0 radical (unpaired) electrons. The van der Waals surface area contributed by atoms with Crippen molar-refractivity contribution in [3.63, 3.8) is 0 Å². The molecule has 2 aromatic rings. The maximum Gasteiger partial charge on any atom is 0.413 e. The normalized spacial score (nSPS) is 11.5. The van der Waals surface area contributed by atoms with E-state index in [0.717, 1.165) is 0 Å². The first kappa shape index (κ1) is 14.6. The minimum absolute atomic E-state index is 0.269. The zero-order chi connectivity index (χ0) is 15.1. The molecule has 21 heavy (non-hydrogen) atoms. The van der Waals surface area contributed by atoms with Crippen molar-refractivity contribution in [2.45, 2.75) is 19.5 Å². The van der Waals surface area contributed by atoms with Crippen molar-refractivity contribution in [2.75, 3.05) is 0 Å². The predicted molar refractivity (Wildman–Crippen MR) is 75.6 cm³/mol. The number of hydrogen-bond donors (Lipinski definition) is 2. The van der Waals surface area contributed by atoms with E-state index in [9.17, 15) is 9.59 Å². The second kappa shape index (κ2) is 7.14. The molecule has 2 N–H and O–H groups in total. The summed E-state index contributed by atoms with van der Waals surface area (Å²) < 4.78 is 10.1. The van der Waals surface area contributed by atoms with Crippen molar-refractivity contribution in [3.8, 4) is 5.75 Å². The summed E-state index contributed by atoms with van der Waals surface area (Å²) in [6.45, 7) is 1.84. The third kappa shape index (κ3) is 4.68. The number of nitrogens with one attached hydrogen (secondary N) is 2. The van der Waals surface area contributed by atoms with E-state index in [1.54, 1.807) is 43.3 Å². The second-order valence-corrected chi connectivity index (χ2v) is 4.37. The molecule has 0 aliphatic carbocycles. The van der Waals surface area contributed by atoms with E-state index in [1.807, 2.05) is 6.07 Å². The Kier molecular flexibility index (Phi) is 4.98. The van der Waals surface area contributed by atoms with Gasteiger partial charge in [0.2, 0.25) is 5.91 Å². The fourth-order valence-corrected chi connectivity index (χ4v) is 1.61. The van der Waals surface area contributed by atoms with Gasteiger partial charge < -0.3 is 19.8 Å². The van der Waals surface area contributed by atoms with Crippen LogP contribution in [-0.4, -0.2) is 18.0 Å². The molecule has 0 spiro atoms. The molecule has 1 aromatic carbocycles. The van der Waals surface area contributed by atoms with Crippen LogP contribution in [0.5, 0.6) is 5.75 Å². The van der Waals surface area contributed by atoms with Crippen molar-refractivity contribution in [2.24, 2.45) is 0 Å². The maximum absolute atomic E-state index is 11.8. The van der Waals surface area contributed by atoms with Gasteiger partial charge in [-0.15, -0.1) is 0 Å². The van der Waals surface area contributed by atoms with Gasteiger partial charge in [-0.25, -0.2) is 4.79 Å². The lowest BCUT2D eigenvalue weighted by Gasteiger charge is -2.13. The van der Waals surface area contributed by atoms with Crippen LogP contribution in [-0.2, 0) is 11.3 Å². The average molecular weight is 288 g/mol. The van der Waals surface area contributed by atoms with Crippen molar-refractivity contribution >= 4 is 12.0 Å². The van der Waals surface area contributed by atoms with Crippen LogP contribution in [0.2, 0.25) is 0 Å². The van der Waals surface area contributed by atoms with E-state index in [-0.39, 0.29) is 12.5 Å². The number of para-hydroxylation sites is 1.